The normalized spacial score (nSPS) is 11.3. The molecular formula is C17H19NO4S. The molecule has 5 nitrogen and oxygen atoms in total. The summed E-state index contributed by atoms with van der Waals surface area (Å²) in [5.41, 5.74) is 3.23. The van der Waals surface area contributed by atoms with Crippen LogP contribution >= 0.6 is 0 Å². The molecule has 6 heteroatoms. The predicted octanol–water partition coefficient (Wildman–Crippen LogP) is 3.42. The Morgan fingerprint density at radius 3 is 2.22 bits per heavy atom. The summed E-state index contributed by atoms with van der Waals surface area (Å²) in [4.78, 5) is 11.2. The lowest BCUT2D eigenvalue weighted by atomic mass is 10.1. The molecule has 0 saturated heterocycles. The summed E-state index contributed by atoms with van der Waals surface area (Å²) in [6, 6.07) is 8.25. The Morgan fingerprint density at radius 1 is 0.957 bits per heavy atom. The van der Waals surface area contributed by atoms with Crippen LogP contribution in [0.1, 0.15) is 32.6 Å². The highest BCUT2D eigenvalue weighted by molar-refractivity contribution is 7.92. The van der Waals surface area contributed by atoms with Crippen LogP contribution in [-0.4, -0.2) is 19.5 Å². The second-order valence-electron chi connectivity index (χ2n) is 5.66. The van der Waals surface area contributed by atoms with Crippen molar-refractivity contribution in [1.29, 1.82) is 0 Å². The van der Waals surface area contributed by atoms with Gasteiger partial charge in [0.05, 0.1) is 16.1 Å². The van der Waals surface area contributed by atoms with E-state index in [0.717, 1.165) is 11.1 Å². The van der Waals surface area contributed by atoms with E-state index < -0.39 is 16.0 Å². The molecule has 0 unspecified atom stereocenters. The van der Waals surface area contributed by atoms with E-state index in [1.54, 1.807) is 26.0 Å². The van der Waals surface area contributed by atoms with Crippen LogP contribution in [0.5, 0.6) is 0 Å². The van der Waals surface area contributed by atoms with Gasteiger partial charge in [-0.2, -0.15) is 0 Å². The van der Waals surface area contributed by atoms with Gasteiger partial charge in [0.1, 0.15) is 0 Å². The van der Waals surface area contributed by atoms with Crippen molar-refractivity contribution in [3.05, 3.63) is 58.1 Å². The molecule has 0 heterocycles. The number of aryl methyl sites for hydroxylation is 4. The highest BCUT2D eigenvalue weighted by Gasteiger charge is 2.21. The number of carbonyl (C=O) groups is 1. The molecule has 2 rings (SSSR count). The SMILES string of the molecule is Cc1ccc(C)c(NS(=O)(=O)c2cc(C(=O)O)c(C)cc2C)c1. The third-order valence-electron chi connectivity index (χ3n) is 3.68. The molecule has 0 amide bonds. The van der Waals surface area contributed by atoms with E-state index in [4.69, 9.17) is 0 Å². The van der Waals surface area contributed by atoms with Crippen LogP contribution in [0.4, 0.5) is 5.69 Å². The molecule has 0 spiro atoms. The minimum Gasteiger partial charge on any atom is -0.478 e. The quantitative estimate of drug-likeness (QED) is 0.898. The molecule has 0 saturated carbocycles. The number of benzene rings is 2. The number of aromatic carboxylic acids is 1. The molecule has 0 atom stereocenters. The van der Waals surface area contributed by atoms with Gasteiger partial charge in [0.15, 0.2) is 0 Å². The predicted molar refractivity (Wildman–Crippen MR) is 89.6 cm³/mol. The summed E-state index contributed by atoms with van der Waals surface area (Å²) in [5.74, 6) is -1.15. The average Bonchev–Trinajstić information content (AvgIpc) is 2.41. The van der Waals surface area contributed by atoms with Crippen LogP contribution in [0.2, 0.25) is 0 Å². The lowest BCUT2D eigenvalue weighted by molar-refractivity contribution is 0.0696. The van der Waals surface area contributed by atoms with Crippen molar-refractivity contribution in [1.82, 2.24) is 0 Å². The zero-order chi connectivity index (χ0) is 17.4. The van der Waals surface area contributed by atoms with Crippen LogP contribution in [0.15, 0.2) is 35.2 Å². The Kier molecular flexibility index (Phi) is 4.47. The molecule has 0 aromatic heterocycles. The van der Waals surface area contributed by atoms with Crippen molar-refractivity contribution >= 4 is 21.7 Å². The Morgan fingerprint density at radius 2 is 1.61 bits per heavy atom. The zero-order valence-electron chi connectivity index (χ0n) is 13.5. The second kappa shape index (κ2) is 6.04. The first kappa shape index (κ1) is 17.0. The van der Waals surface area contributed by atoms with E-state index in [0.29, 0.717) is 16.8 Å². The number of rotatable bonds is 4. The van der Waals surface area contributed by atoms with E-state index >= 15 is 0 Å². The van der Waals surface area contributed by atoms with Gasteiger partial charge in [0, 0.05) is 0 Å². The van der Waals surface area contributed by atoms with Crippen molar-refractivity contribution in [2.45, 2.75) is 32.6 Å². The molecule has 2 N–H and O–H groups in total. The molecular weight excluding hydrogens is 314 g/mol. The third kappa shape index (κ3) is 3.53. The maximum atomic E-state index is 12.7. The van der Waals surface area contributed by atoms with Crippen LogP contribution in [0.3, 0.4) is 0 Å². The van der Waals surface area contributed by atoms with E-state index in [9.17, 15) is 18.3 Å². The number of hydrogen-bond donors (Lipinski definition) is 2. The summed E-state index contributed by atoms with van der Waals surface area (Å²) in [6.45, 7) is 6.97. The fourth-order valence-electron chi connectivity index (χ4n) is 2.40. The summed E-state index contributed by atoms with van der Waals surface area (Å²) in [5, 5.41) is 9.20. The molecule has 0 aliphatic rings. The van der Waals surface area contributed by atoms with E-state index in [2.05, 4.69) is 4.72 Å². The Labute approximate surface area is 136 Å². The molecule has 0 radical (unpaired) electrons. The molecule has 0 bridgehead atoms. The maximum Gasteiger partial charge on any atom is 0.335 e. The van der Waals surface area contributed by atoms with Crippen LogP contribution < -0.4 is 4.72 Å². The van der Waals surface area contributed by atoms with E-state index in [-0.39, 0.29) is 10.5 Å². The smallest absolute Gasteiger partial charge is 0.335 e. The number of carboxylic acids is 1. The lowest BCUT2D eigenvalue weighted by Gasteiger charge is -2.14. The largest absolute Gasteiger partial charge is 0.478 e. The minimum atomic E-state index is -3.87. The van der Waals surface area contributed by atoms with Gasteiger partial charge >= 0.3 is 5.97 Å². The van der Waals surface area contributed by atoms with Crippen LogP contribution in [0.25, 0.3) is 0 Å². The fourth-order valence-corrected chi connectivity index (χ4v) is 3.77. The monoisotopic (exact) mass is 333 g/mol. The number of carboxylic acid groups (broad SMARTS) is 1. The maximum absolute atomic E-state index is 12.7. The molecule has 2 aromatic rings. The standard InChI is InChI=1S/C17H19NO4S/c1-10-5-6-11(2)15(7-10)18-23(21,22)16-9-14(17(19)20)12(3)8-13(16)4/h5-9,18H,1-4H3,(H,19,20). The van der Waals surface area contributed by atoms with Crippen LogP contribution in [-0.2, 0) is 10.0 Å². The first-order chi connectivity index (χ1) is 10.6. The topological polar surface area (TPSA) is 83.5 Å². The average molecular weight is 333 g/mol. The van der Waals surface area contributed by atoms with E-state index in [1.807, 2.05) is 26.0 Å². The molecule has 0 fully saturated rings. The van der Waals surface area contributed by atoms with Gasteiger partial charge in [-0.25, -0.2) is 13.2 Å². The number of nitrogens with one attached hydrogen (secondary N) is 1. The highest BCUT2D eigenvalue weighted by atomic mass is 32.2. The van der Waals surface area contributed by atoms with Gasteiger partial charge in [0.2, 0.25) is 0 Å². The van der Waals surface area contributed by atoms with Gasteiger partial charge in [-0.15, -0.1) is 0 Å². The zero-order valence-corrected chi connectivity index (χ0v) is 14.3. The first-order valence-corrected chi connectivity index (χ1v) is 8.55. The van der Waals surface area contributed by atoms with Crippen LogP contribution in [0, 0.1) is 27.7 Å². The van der Waals surface area contributed by atoms with Gasteiger partial charge in [-0.3, -0.25) is 4.72 Å². The van der Waals surface area contributed by atoms with Crippen molar-refractivity contribution in [3.63, 3.8) is 0 Å². The molecule has 122 valence electrons. The first-order valence-electron chi connectivity index (χ1n) is 7.06. The molecule has 2 aromatic carbocycles. The van der Waals surface area contributed by atoms with Crippen molar-refractivity contribution in [2.75, 3.05) is 4.72 Å². The number of anilines is 1. The molecule has 0 aliphatic heterocycles. The lowest BCUT2D eigenvalue weighted by Crippen LogP contribution is -2.16. The second-order valence-corrected chi connectivity index (χ2v) is 7.31. The fraction of sp³-hybridized carbons (Fsp3) is 0.235. The number of sulfonamides is 1. The number of hydrogen-bond acceptors (Lipinski definition) is 3. The third-order valence-corrected chi connectivity index (χ3v) is 5.19. The van der Waals surface area contributed by atoms with Crippen molar-refractivity contribution < 1.29 is 18.3 Å². The van der Waals surface area contributed by atoms with Gasteiger partial charge in [-0.1, -0.05) is 18.2 Å². The summed E-state index contributed by atoms with van der Waals surface area (Å²) >= 11 is 0. The van der Waals surface area contributed by atoms with E-state index in [1.165, 1.54) is 6.07 Å². The molecule has 0 aliphatic carbocycles. The summed E-state index contributed by atoms with van der Waals surface area (Å²) in [7, 11) is -3.87. The Bertz CT molecular complexity index is 886. The summed E-state index contributed by atoms with van der Waals surface area (Å²) in [6.07, 6.45) is 0. The van der Waals surface area contributed by atoms with Crippen molar-refractivity contribution in [2.24, 2.45) is 0 Å². The highest BCUT2D eigenvalue weighted by Crippen LogP contribution is 2.25. The van der Waals surface area contributed by atoms with Gasteiger partial charge in [-0.05, 0) is 62.1 Å². The Hall–Kier alpha value is -2.34. The Balaban J connectivity index is 2.54. The summed E-state index contributed by atoms with van der Waals surface area (Å²) < 4.78 is 27.9. The van der Waals surface area contributed by atoms with Gasteiger partial charge in [0.25, 0.3) is 10.0 Å². The molecule has 23 heavy (non-hydrogen) atoms. The minimum absolute atomic E-state index is 0.0167. The van der Waals surface area contributed by atoms with Gasteiger partial charge < -0.3 is 5.11 Å². The van der Waals surface area contributed by atoms with Crippen molar-refractivity contribution in [3.8, 4) is 0 Å².